The fourth-order valence-electron chi connectivity index (χ4n) is 1.48. The van der Waals surface area contributed by atoms with Crippen LogP contribution >= 0.6 is 11.3 Å². The van der Waals surface area contributed by atoms with Gasteiger partial charge in [0.1, 0.15) is 5.00 Å². The predicted octanol–water partition coefficient (Wildman–Crippen LogP) is 3.56. The summed E-state index contributed by atoms with van der Waals surface area (Å²) in [6.45, 7) is 0. The third-order valence-corrected chi connectivity index (χ3v) is 3.04. The molecule has 1 N–H and O–H groups in total. The third kappa shape index (κ3) is 1.14. The van der Waals surface area contributed by atoms with Crippen molar-refractivity contribution in [3.05, 3.63) is 41.3 Å². The number of benzene rings is 1. The second-order valence-electron chi connectivity index (χ2n) is 3.11. The highest BCUT2D eigenvalue weighted by Gasteiger charge is 2.08. The Labute approximate surface area is 85.9 Å². The summed E-state index contributed by atoms with van der Waals surface area (Å²) in [6, 6.07) is 10.1. The van der Waals surface area contributed by atoms with Crippen LogP contribution in [0.1, 0.15) is 5.56 Å². The van der Waals surface area contributed by atoms with Gasteiger partial charge in [0.05, 0.1) is 11.4 Å². The second kappa shape index (κ2) is 2.96. The number of hydrogen-bond acceptors (Lipinski definition) is 3. The number of hydrogen-bond donors (Lipinski definition) is 1. The first-order valence-corrected chi connectivity index (χ1v) is 5.29. The van der Waals surface area contributed by atoms with Crippen molar-refractivity contribution >= 4 is 33.9 Å². The van der Waals surface area contributed by atoms with Gasteiger partial charge in [0.25, 0.3) is 0 Å². The van der Waals surface area contributed by atoms with Crippen molar-refractivity contribution in [2.24, 2.45) is 4.99 Å². The lowest BCUT2D eigenvalue weighted by Crippen LogP contribution is -1.87. The van der Waals surface area contributed by atoms with Crippen LogP contribution < -0.4 is 5.32 Å². The molecule has 1 aromatic carbocycles. The zero-order valence-corrected chi connectivity index (χ0v) is 8.21. The predicted molar refractivity (Wildman–Crippen MR) is 61.3 cm³/mol. The number of thiophene rings is 1. The zero-order valence-electron chi connectivity index (χ0n) is 7.40. The molecule has 3 rings (SSSR count). The van der Waals surface area contributed by atoms with Crippen LogP contribution in [0.4, 0.5) is 16.4 Å². The molecule has 0 spiro atoms. The minimum absolute atomic E-state index is 0.996. The fraction of sp³-hybridized carbons (Fsp3) is 0. The van der Waals surface area contributed by atoms with E-state index in [2.05, 4.69) is 21.8 Å². The van der Waals surface area contributed by atoms with Gasteiger partial charge in [0.15, 0.2) is 0 Å². The van der Waals surface area contributed by atoms with Gasteiger partial charge in [0.2, 0.25) is 0 Å². The molecule has 0 saturated carbocycles. The van der Waals surface area contributed by atoms with E-state index in [1.807, 2.05) is 30.5 Å². The molecule has 2 aromatic rings. The Morgan fingerprint density at radius 2 is 2.07 bits per heavy atom. The second-order valence-corrected chi connectivity index (χ2v) is 4.02. The lowest BCUT2D eigenvalue weighted by Gasteiger charge is -2.04. The van der Waals surface area contributed by atoms with Crippen LogP contribution in [0, 0.1) is 0 Å². The fourth-order valence-corrected chi connectivity index (χ4v) is 2.25. The van der Waals surface area contributed by atoms with Crippen LogP contribution in [0.5, 0.6) is 0 Å². The number of fused-ring (bicyclic) bond motifs is 2. The summed E-state index contributed by atoms with van der Waals surface area (Å²) in [6.07, 6.45) is 1.91. The van der Waals surface area contributed by atoms with E-state index in [9.17, 15) is 0 Å². The molecule has 0 amide bonds. The number of rotatable bonds is 0. The molecule has 68 valence electrons. The van der Waals surface area contributed by atoms with Gasteiger partial charge in [-0.15, -0.1) is 11.3 Å². The van der Waals surface area contributed by atoms with Crippen LogP contribution in [0.15, 0.2) is 40.7 Å². The first kappa shape index (κ1) is 7.76. The van der Waals surface area contributed by atoms with E-state index in [0.29, 0.717) is 0 Å². The monoisotopic (exact) mass is 200 g/mol. The van der Waals surface area contributed by atoms with Gasteiger partial charge >= 0.3 is 0 Å². The molecule has 3 heteroatoms. The van der Waals surface area contributed by atoms with Gasteiger partial charge in [-0.3, -0.25) is 4.99 Å². The van der Waals surface area contributed by atoms with Crippen molar-refractivity contribution in [3.8, 4) is 0 Å². The maximum atomic E-state index is 4.42. The maximum absolute atomic E-state index is 4.42. The van der Waals surface area contributed by atoms with Gasteiger partial charge in [0, 0.05) is 11.8 Å². The molecule has 0 radical (unpaired) electrons. The molecule has 0 fully saturated rings. The van der Waals surface area contributed by atoms with Gasteiger partial charge in [-0.05, 0) is 23.6 Å². The summed E-state index contributed by atoms with van der Waals surface area (Å²) < 4.78 is 0. The molecule has 14 heavy (non-hydrogen) atoms. The van der Waals surface area contributed by atoms with Gasteiger partial charge in [-0.1, -0.05) is 12.1 Å². The lowest BCUT2D eigenvalue weighted by molar-refractivity contribution is 1.53. The Morgan fingerprint density at radius 1 is 1.14 bits per heavy atom. The van der Waals surface area contributed by atoms with Crippen molar-refractivity contribution in [1.29, 1.82) is 0 Å². The molecule has 0 unspecified atom stereocenters. The van der Waals surface area contributed by atoms with Crippen LogP contribution in [-0.4, -0.2) is 6.21 Å². The van der Waals surface area contributed by atoms with Gasteiger partial charge in [-0.25, -0.2) is 0 Å². The summed E-state index contributed by atoms with van der Waals surface area (Å²) in [5, 5.41) is 6.61. The number of nitrogens with one attached hydrogen (secondary N) is 1. The van der Waals surface area contributed by atoms with E-state index in [4.69, 9.17) is 0 Å². The largest absolute Gasteiger partial charge is 0.345 e. The summed E-state index contributed by atoms with van der Waals surface area (Å²) >= 11 is 1.70. The molecule has 0 saturated heterocycles. The molecular formula is C11H8N2S. The van der Waals surface area contributed by atoms with Crippen LogP contribution in [0.25, 0.3) is 0 Å². The number of para-hydroxylation sites is 2. The highest BCUT2D eigenvalue weighted by atomic mass is 32.1. The molecule has 1 aromatic heterocycles. The highest BCUT2D eigenvalue weighted by Crippen LogP contribution is 2.34. The Hall–Kier alpha value is -1.61. The Bertz CT molecular complexity index is 499. The van der Waals surface area contributed by atoms with Crippen molar-refractivity contribution in [3.63, 3.8) is 0 Å². The smallest absolute Gasteiger partial charge is 0.102 e. The van der Waals surface area contributed by atoms with E-state index >= 15 is 0 Å². The van der Waals surface area contributed by atoms with Crippen LogP contribution in [0.2, 0.25) is 0 Å². The van der Waals surface area contributed by atoms with Crippen molar-refractivity contribution in [1.82, 2.24) is 0 Å². The van der Waals surface area contributed by atoms with E-state index in [0.717, 1.165) is 16.9 Å². The summed E-state index contributed by atoms with van der Waals surface area (Å²) in [7, 11) is 0. The molecule has 1 aliphatic heterocycles. The van der Waals surface area contributed by atoms with Crippen LogP contribution in [-0.2, 0) is 0 Å². The van der Waals surface area contributed by atoms with Crippen LogP contribution in [0.3, 0.4) is 0 Å². The third-order valence-electron chi connectivity index (χ3n) is 2.19. The summed E-state index contributed by atoms with van der Waals surface area (Å²) in [5.74, 6) is 0. The van der Waals surface area contributed by atoms with E-state index in [1.165, 1.54) is 5.00 Å². The Balaban J connectivity index is 2.19. The molecule has 2 heterocycles. The summed E-state index contributed by atoms with van der Waals surface area (Å²) in [4.78, 5) is 4.42. The van der Waals surface area contributed by atoms with Gasteiger partial charge in [-0.2, -0.15) is 0 Å². The van der Waals surface area contributed by atoms with Crippen molar-refractivity contribution < 1.29 is 0 Å². The molecule has 2 nitrogen and oxygen atoms in total. The molecule has 0 bridgehead atoms. The minimum atomic E-state index is 0.996. The topological polar surface area (TPSA) is 24.4 Å². The SMILES string of the molecule is C1=Nc2ccccc2Nc2sccc21. The standard InChI is InChI=1S/C11H8N2S/c1-2-4-10-9(3-1)12-7-8-5-6-14-11(8)13-10/h1-7,13H. The number of nitrogens with zero attached hydrogens (tertiary/aromatic N) is 1. The van der Waals surface area contributed by atoms with Crippen molar-refractivity contribution in [2.45, 2.75) is 0 Å². The Morgan fingerprint density at radius 3 is 3.07 bits per heavy atom. The zero-order chi connectivity index (χ0) is 9.38. The average molecular weight is 200 g/mol. The first-order valence-electron chi connectivity index (χ1n) is 4.41. The Kier molecular flexibility index (Phi) is 1.64. The molecule has 0 atom stereocenters. The lowest BCUT2D eigenvalue weighted by atomic mass is 10.3. The number of aliphatic imine (C=N–C) groups is 1. The van der Waals surface area contributed by atoms with E-state index < -0.39 is 0 Å². The quantitative estimate of drug-likeness (QED) is 0.589. The normalized spacial score (nSPS) is 12.6. The number of anilines is 2. The van der Waals surface area contributed by atoms with Crippen molar-refractivity contribution in [2.75, 3.05) is 5.32 Å². The van der Waals surface area contributed by atoms with E-state index in [-0.39, 0.29) is 0 Å². The summed E-state index contributed by atoms with van der Waals surface area (Å²) in [5.41, 5.74) is 3.23. The minimum Gasteiger partial charge on any atom is -0.345 e. The average Bonchev–Trinajstić information content (AvgIpc) is 2.58. The van der Waals surface area contributed by atoms with E-state index in [1.54, 1.807) is 11.3 Å². The molecule has 0 aliphatic carbocycles. The van der Waals surface area contributed by atoms with Gasteiger partial charge < -0.3 is 5.32 Å². The highest BCUT2D eigenvalue weighted by molar-refractivity contribution is 7.14. The molecular weight excluding hydrogens is 192 g/mol. The molecule has 1 aliphatic rings. The first-order chi connectivity index (χ1) is 6.93. The maximum Gasteiger partial charge on any atom is 0.102 e.